The summed E-state index contributed by atoms with van der Waals surface area (Å²) >= 11 is 0. The predicted octanol–water partition coefficient (Wildman–Crippen LogP) is 2.54. The van der Waals surface area contributed by atoms with E-state index in [2.05, 4.69) is 17.6 Å². The molecule has 1 amide bonds. The minimum Gasteiger partial charge on any atom is -0.493 e. The van der Waals surface area contributed by atoms with Crippen molar-refractivity contribution in [2.75, 3.05) is 33.4 Å². The average Bonchev–Trinajstić information content (AvgIpc) is 2.60. The van der Waals surface area contributed by atoms with Gasteiger partial charge in [0, 0.05) is 12.6 Å². The third-order valence-corrected chi connectivity index (χ3v) is 4.51. The molecule has 1 aromatic carbocycles. The molecule has 2 rings (SSSR count). The summed E-state index contributed by atoms with van der Waals surface area (Å²) in [6.45, 7) is 6.51. The molecule has 8 nitrogen and oxygen atoms in total. The summed E-state index contributed by atoms with van der Waals surface area (Å²) in [5.74, 6) is 0.0667. The van der Waals surface area contributed by atoms with Crippen molar-refractivity contribution in [2.24, 2.45) is 5.41 Å². The number of nitrogens with zero attached hydrogens (tertiary/aromatic N) is 1. The van der Waals surface area contributed by atoms with Crippen molar-refractivity contribution in [3.8, 4) is 11.5 Å². The van der Waals surface area contributed by atoms with E-state index < -0.39 is 10.8 Å². The van der Waals surface area contributed by atoms with Gasteiger partial charge in [-0.2, -0.15) is 0 Å². The molecule has 0 atom stereocenters. The fourth-order valence-corrected chi connectivity index (χ4v) is 2.91. The van der Waals surface area contributed by atoms with Crippen LogP contribution in [0.2, 0.25) is 0 Å². The lowest BCUT2D eigenvalue weighted by molar-refractivity contribution is -0.385. The summed E-state index contributed by atoms with van der Waals surface area (Å²) in [5.41, 5.74) is -0.328. The minimum absolute atomic E-state index is 0. The second kappa shape index (κ2) is 9.59. The molecule has 0 saturated carbocycles. The maximum Gasteiger partial charge on any atom is 0.286 e. The van der Waals surface area contributed by atoms with Crippen molar-refractivity contribution in [1.29, 1.82) is 0 Å². The van der Waals surface area contributed by atoms with Crippen LogP contribution in [0.15, 0.2) is 12.1 Å². The summed E-state index contributed by atoms with van der Waals surface area (Å²) < 4.78 is 10.6. The molecule has 26 heavy (non-hydrogen) atoms. The van der Waals surface area contributed by atoms with Crippen LogP contribution in [-0.2, 0) is 0 Å². The lowest BCUT2D eigenvalue weighted by Gasteiger charge is -2.34. The first-order chi connectivity index (χ1) is 11.9. The van der Waals surface area contributed by atoms with Crippen LogP contribution in [0.4, 0.5) is 5.69 Å². The Morgan fingerprint density at radius 1 is 1.35 bits per heavy atom. The Balaban J connectivity index is 0.00000338. The van der Waals surface area contributed by atoms with Crippen molar-refractivity contribution in [1.82, 2.24) is 10.6 Å². The Kier molecular flexibility index (Phi) is 8.10. The molecule has 1 saturated heterocycles. The molecular weight excluding hydrogens is 362 g/mol. The van der Waals surface area contributed by atoms with Crippen molar-refractivity contribution in [2.45, 2.75) is 26.7 Å². The molecule has 0 bridgehead atoms. The highest BCUT2D eigenvalue weighted by atomic mass is 35.5. The highest BCUT2D eigenvalue weighted by Gasteiger charge is 2.29. The molecule has 0 aromatic heterocycles. The molecule has 2 N–H and O–H groups in total. The number of halogens is 1. The fraction of sp³-hybridized carbons (Fsp3) is 0.588. The van der Waals surface area contributed by atoms with Crippen LogP contribution in [0.1, 0.15) is 37.0 Å². The van der Waals surface area contributed by atoms with Crippen LogP contribution >= 0.6 is 12.4 Å². The SMILES string of the molecule is CCOc1cc([N+](=O)[O-])c(C(=O)NCC2(C)CCNCC2)cc1OC.Cl. The highest BCUT2D eigenvalue weighted by Crippen LogP contribution is 2.35. The highest BCUT2D eigenvalue weighted by molar-refractivity contribution is 5.99. The van der Waals surface area contributed by atoms with E-state index in [4.69, 9.17) is 9.47 Å². The van der Waals surface area contributed by atoms with Crippen molar-refractivity contribution < 1.29 is 19.2 Å². The summed E-state index contributed by atoms with van der Waals surface area (Å²) in [4.78, 5) is 23.4. The summed E-state index contributed by atoms with van der Waals surface area (Å²) in [6.07, 6.45) is 1.89. The van der Waals surface area contributed by atoms with Gasteiger partial charge in [-0.05, 0) is 38.3 Å². The lowest BCUT2D eigenvalue weighted by Crippen LogP contribution is -2.43. The number of piperidine rings is 1. The molecule has 0 radical (unpaired) electrons. The Labute approximate surface area is 159 Å². The molecule has 0 spiro atoms. The molecule has 1 fully saturated rings. The fourth-order valence-electron chi connectivity index (χ4n) is 2.91. The van der Waals surface area contributed by atoms with Gasteiger partial charge in [0.15, 0.2) is 11.5 Å². The van der Waals surface area contributed by atoms with Crippen molar-refractivity contribution >= 4 is 24.0 Å². The average molecular weight is 388 g/mol. The Hall–Kier alpha value is -2.06. The van der Waals surface area contributed by atoms with E-state index in [1.807, 2.05) is 0 Å². The number of nitro groups is 1. The first kappa shape index (κ1) is 22.0. The number of rotatable bonds is 7. The van der Waals surface area contributed by atoms with Gasteiger partial charge in [-0.15, -0.1) is 12.4 Å². The summed E-state index contributed by atoms with van der Waals surface area (Å²) in [6, 6.07) is 2.60. The number of amides is 1. The van der Waals surface area contributed by atoms with Gasteiger partial charge < -0.3 is 20.1 Å². The van der Waals surface area contributed by atoms with Gasteiger partial charge in [0.05, 0.1) is 24.7 Å². The van der Waals surface area contributed by atoms with Crippen LogP contribution in [0.3, 0.4) is 0 Å². The van der Waals surface area contributed by atoms with Gasteiger partial charge in [-0.25, -0.2) is 0 Å². The summed E-state index contributed by atoms with van der Waals surface area (Å²) in [7, 11) is 1.43. The second-order valence-corrected chi connectivity index (χ2v) is 6.45. The molecule has 1 heterocycles. The number of carbonyl (C=O) groups excluding carboxylic acids is 1. The number of benzene rings is 1. The molecule has 0 unspecified atom stereocenters. The van der Waals surface area contributed by atoms with Crippen LogP contribution in [0, 0.1) is 15.5 Å². The van der Waals surface area contributed by atoms with Crippen LogP contribution in [0.25, 0.3) is 0 Å². The monoisotopic (exact) mass is 387 g/mol. The van der Waals surface area contributed by atoms with Crippen LogP contribution in [-0.4, -0.2) is 44.2 Å². The normalized spacial score (nSPS) is 15.5. The standard InChI is InChI=1S/C17H25N3O5.ClH/c1-4-25-15-10-13(20(22)23)12(9-14(15)24-3)16(21)19-11-17(2)5-7-18-8-6-17;/h9-10,18H,4-8,11H2,1-3H3,(H,19,21);1H. The Morgan fingerprint density at radius 2 is 2.00 bits per heavy atom. The zero-order chi connectivity index (χ0) is 18.4. The van der Waals surface area contributed by atoms with Crippen molar-refractivity contribution in [3.05, 3.63) is 27.8 Å². The maximum absolute atomic E-state index is 12.6. The zero-order valence-electron chi connectivity index (χ0n) is 15.3. The topological polar surface area (TPSA) is 103 Å². The van der Waals surface area contributed by atoms with E-state index >= 15 is 0 Å². The van der Waals surface area contributed by atoms with Crippen LogP contribution in [0.5, 0.6) is 11.5 Å². The molecule has 1 aliphatic heterocycles. The predicted molar refractivity (Wildman–Crippen MR) is 101 cm³/mol. The second-order valence-electron chi connectivity index (χ2n) is 6.45. The van der Waals surface area contributed by atoms with Gasteiger partial charge in [-0.1, -0.05) is 6.92 Å². The van der Waals surface area contributed by atoms with Gasteiger partial charge in [-0.3, -0.25) is 14.9 Å². The Morgan fingerprint density at radius 3 is 2.54 bits per heavy atom. The quantitative estimate of drug-likeness (QED) is 0.550. The largest absolute Gasteiger partial charge is 0.493 e. The van der Waals surface area contributed by atoms with E-state index in [0.29, 0.717) is 18.9 Å². The van der Waals surface area contributed by atoms with Gasteiger partial charge in [0.2, 0.25) is 0 Å². The zero-order valence-corrected chi connectivity index (χ0v) is 16.1. The first-order valence-corrected chi connectivity index (χ1v) is 8.38. The number of hydrogen-bond donors (Lipinski definition) is 2. The van der Waals surface area contributed by atoms with E-state index in [-0.39, 0.29) is 34.8 Å². The number of nitro benzene ring substituents is 1. The maximum atomic E-state index is 12.6. The van der Waals surface area contributed by atoms with E-state index in [9.17, 15) is 14.9 Å². The number of carbonyl (C=O) groups is 1. The first-order valence-electron chi connectivity index (χ1n) is 8.38. The number of ether oxygens (including phenoxy) is 2. The third kappa shape index (κ3) is 5.22. The van der Waals surface area contributed by atoms with Gasteiger partial charge in [0.25, 0.3) is 11.6 Å². The summed E-state index contributed by atoms with van der Waals surface area (Å²) in [5, 5.41) is 17.5. The number of methoxy groups -OCH3 is 1. The van der Waals surface area contributed by atoms with E-state index in [1.54, 1.807) is 6.92 Å². The molecule has 1 aliphatic rings. The smallest absolute Gasteiger partial charge is 0.286 e. The number of hydrogen-bond acceptors (Lipinski definition) is 6. The van der Waals surface area contributed by atoms with E-state index in [0.717, 1.165) is 25.9 Å². The third-order valence-electron chi connectivity index (χ3n) is 4.51. The van der Waals surface area contributed by atoms with Crippen LogP contribution < -0.4 is 20.1 Å². The number of nitrogens with one attached hydrogen (secondary N) is 2. The molecular formula is C17H26ClN3O5. The molecule has 146 valence electrons. The van der Waals surface area contributed by atoms with Gasteiger partial charge >= 0.3 is 0 Å². The molecule has 0 aliphatic carbocycles. The van der Waals surface area contributed by atoms with Gasteiger partial charge in [0.1, 0.15) is 5.56 Å². The van der Waals surface area contributed by atoms with Crippen molar-refractivity contribution in [3.63, 3.8) is 0 Å². The Bertz CT molecular complexity index is 648. The minimum atomic E-state index is -0.580. The lowest BCUT2D eigenvalue weighted by atomic mass is 9.81. The van der Waals surface area contributed by atoms with E-state index in [1.165, 1.54) is 19.2 Å². The molecule has 9 heteroatoms. The molecule has 1 aromatic rings.